The number of hydrogen-bond donors (Lipinski definition) is 3. The number of carbonyl (C=O) groups is 1. The zero-order chi connectivity index (χ0) is 21.6. The number of dihydropyridines is 1. The number of phenolic OH excluding ortho intramolecular Hbond substituents is 1. The van der Waals surface area contributed by atoms with Gasteiger partial charge >= 0.3 is 0 Å². The third-order valence-corrected chi connectivity index (χ3v) is 5.33. The SMILES string of the molecule is CC(C)(C)c1cc(C(C)(C)C)c(NC(=O)C2=C(O)C3CC=CC=C3N=C2)cc1O. The maximum Gasteiger partial charge on any atom is 0.260 e. The molecule has 1 heterocycles. The molecule has 1 aromatic carbocycles. The first-order valence-electron chi connectivity index (χ1n) is 9.93. The van der Waals surface area contributed by atoms with Gasteiger partial charge in [-0.3, -0.25) is 9.79 Å². The molecule has 1 amide bonds. The molecule has 1 aliphatic carbocycles. The topological polar surface area (TPSA) is 81.9 Å². The number of nitrogens with zero attached hydrogens (tertiary/aromatic N) is 1. The second-order valence-corrected chi connectivity index (χ2v) is 9.73. The molecule has 1 aromatic rings. The normalized spacial score (nSPS) is 19.1. The van der Waals surface area contributed by atoms with E-state index in [0.717, 1.165) is 16.8 Å². The van der Waals surface area contributed by atoms with Gasteiger partial charge in [-0.15, -0.1) is 0 Å². The van der Waals surface area contributed by atoms with Crippen LogP contribution in [0.15, 0.2) is 52.4 Å². The highest BCUT2D eigenvalue weighted by molar-refractivity contribution is 6.19. The molecule has 0 radical (unpaired) electrons. The van der Waals surface area contributed by atoms with Crippen molar-refractivity contribution in [1.29, 1.82) is 0 Å². The molecule has 5 heteroatoms. The zero-order valence-corrected chi connectivity index (χ0v) is 18.0. The van der Waals surface area contributed by atoms with Crippen LogP contribution in [0.3, 0.4) is 0 Å². The van der Waals surface area contributed by atoms with Crippen molar-refractivity contribution in [3.63, 3.8) is 0 Å². The molecule has 2 aliphatic rings. The lowest BCUT2D eigenvalue weighted by Gasteiger charge is -2.29. The van der Waals surface area contributed by atoms with E-state index in [0.29, 0.717) is 12.1 Å². The van der Waals surface area contributed by atoms with Crippen LogP contribution in [0.4, 0.5) is 5.69 Å². The van der Waals surface area contributed by atoms with E-state index in [-0.39, 0.29) is 33.8 Å². The highest BCUT2D eigenvalue weighted by Gasteiger charge is 2.30. The number of aliphatic hydroxyl groups excluding tert-OH is 1. The fourth-order valence-electron chi connectivity index (χ4n) is 3.67. The second kappa shape index (κ2) is 7.21. The van der Waals surface area contributed by atoms with Gasteiger partial charge in [0.15, 0.2) is 0 Å². The molecule has 29 heavy (non-hydrogen) atoms. The molecule has 3 N–H and O–H groups in total. The summed E-state index contributed by atoms with van der Waals surface area (Å²) >= 11 is 0. The summed E-state index contributed by atoms with van der Waals surface area (Å²) in [6.07, 6.45) is 7.71. The lowest BCUT2D eigenvalue weighted by molar-refractivity contribution is -0.112. The molecule has 1 atom stereocenters. The first kappa shape index (κ1) is 20.9. The maximum absolute atomic E-state index is 13.0. The predicted octanol–water partition coefficient (Wildman–Crippen LogP) is 5.28. The van der Waals surface area contributed by atoms with Crippen molar-refractivity contribution in [3.05, 3.63) is 58.5 Å². The largest absolute Gasteiger partial charge is 0.511 e. The summed E-state index contributed by atoms with van der Waals surface area (Å²) in [5, 5.41) is 24.1. The van der Waals surface area contributed by atoms with E-state index < -0.39 is 5.91 Å². The van der Waals surface area contributed by atoms with Gasteiger partial charge in [0, 0.05) is 18.0 Å². The Morgan fingerprint density at radius 3 is 2.34 bits per heavy atom. The summed E-state index contributed by atoms with van der Waals surface area (Å²) in [6.45, 7) is 12.3. The molecular formula is C24H30N2O3. The molecule has 3 rings (SSSR count). The summed E-state index contributed by atoms with van der Waals surface area (Å²) in [4.78, 5) is 17.3. The van der Waals surface area contributed by atoms with Crippen molar-refractivity contribution >= 4 is 17.8 Å². The minimum atomic E-state index is -0.437. The van der Waals surface area contributed by atoms with Gasteiger partial charge in [-0.05, 0) is 40.5 Å². The van der Waals surface area contributed by atoms with Crippen LogP contribution in [0.5, 0.6) is 5.75 Å². The Bertz CT molecular complexity index is 967. The Kier molecular flexibility index (Phi) is 5.20. The number of aliphatic imine (C=N–C) groups is 1. The first-order valence-corrected chi connectivity index (χ1v) is 9.93. The van der Waals surface area contributed by atoms with Crippen LogP contribution in [0.25, 0.3) is 0 Å². The minimum Gasteiger partial charge on any atom is -0.511 e. The van der Waals surface area contributed by atoms with Crippen molar-refractivity contribution in [1.82, 2.24) is 0 Å². The van der Waals surface area contributed by atoms with Crippen molar-refractivity contribution < 1.29 is 15.0 Å². The van der Waals surface area contributed by atoms with Crippen LogP contribution in [-0.4, -0.2) is 22.3 Å². The number of amides is 1. The monoisotopic (exact) mass is 394 g/mol. The van der Waals surface area contributed by atoms with Crippen molar-refractivity contribution in [3.8, 4) is 5.75 Å². The Balaban J connectivity index is 1.99. The maximum atomic E-state index is 13.0. The number of carbonyl (C=O) groups excluding carboxylic acids is 1. The van der Waals surface area contributed by atoms with Gasteiger partial charge in [0.05, 0.1) is 17.2 Å². The zero-order valence-electron chi connectivity index (χ0n) is 18.0. The molecule has 154 valence electrons. The fraction of sp³-hybridized carbons (Fsp3) is 0.417. The number of phenols is 1. The lowest BCUT2D eigenvalue weighted by Crippen LogP contribution is -2.26. The molecule has 0 spiro atoms. The van der Waals surface area contributed by atoms with E-state index in [1.165, 1.54) is 6.21 Å². The van der Waals surface area contributed by atoms with Crippen molar-refractivity contribution in [2.24, 2.45) is 10.9 Å². The quantitative estimate of drug-likeness (QED) is 0.638. The number of benzene rings is 1. The highest BCUT2D eigenvalue weighted by Crippen LogP contribution is 2.40. The number of fused-ring (bicyclic) bond motifs is 1. The van der Waals surface area contributed by atoms with E-state index in [4.69, 9.17) is 0 Å². The summed E-state index contributed by atoms with van der Waals surface area (Å²) in [5.41, 5.74) is 2.70. The molecule has 5 nitrogen and oxygen atoms in total. The molecular weight excluding hydrogens is 364 g/mol. The van der Waals surface area contributed by atoms with E-state index in [1.54, 1.807) is 6.07 Å². The average molecular weight is 395 g/mol. The van der Waals surface area contributed by atoms with Crippen LogP contribution >= 0.6 is 0 Å². The van der Waals surface area contributed by atoms with E-state index in [2.05, 4.69) is 31.1 Å². The summed E-state index contributed by atoms with van der Waals surface area (Å²) in [5.74, 6) is -0.558. The van der Waals surface area contributed by atoms with Crippen molar-refractivity contribution in [2.75, 3.05) is 5.32 Å². The minimum absolute atomic E-state index is 0.0287. The summed E-state index contributed by atoms with van der Waals surface area (Å²) < 4.78 is 0. The standard InChI is InChI=1S/C24H30N2O3/c1-23(2,3)16-11-17(24(4,5)6)20(27)12-19(16)26-22(29)15-13-25-18-10-8-7-9-14(18)21(15)28/h7-8,10-14,27-28H,9H2,1-6H3,(H,26,29). The van der Waals surface area contributed by atoms with E-state index >= 15 is 0 Å². The average Bonchev–Trinajstić information content (AvgIpc) is 2.60. The van der Waals surface area contributed by atoms with Crippen LogP contribution in [0.1, 0.15) is 59.1 Å². The number of hydrogen-bond acceptors (Lipinski definition) is 4. The van der Waals surface area contributed by atoms with Crippen molar-refractivity contribution in [2.45, 2.75) is 58.8 Å². The lowest BCUT2D eigenvalue weighted by atomic mass is 9.79. The van der Waals surface area contributed by atoms with E-state index in [9.17, 15) is 15.0 Å². The van der Waals surface area contributed by atoms with E-state index in [1.807, 2.05) is 45.1 Å². The molecule has 0 bridgehead atoms. The van der Waals surface area contributed by atoms with Crippen LogP contribution < -0.4 is 5.32 Å². The predicted molar refractivity (Wildman–Crippen MR) is 118 cm³/mol. The van der Waals surface area contributed by atoms with Gasteiger partial charge in [0.25, 0.3) is 5.91 Å². The Labute approximate surface area is 172 Å². The number of aliphatic hydroxyl groups is 1. The van der Waals surface area contributed by atoms with Crippen LogP contribution in [-0.2, 0) is 15.6 Å². The third-order valence-electron chi connectivity index (χ3n) is 5.33. The number of nitrogens with one attached hydrogen (secondary N) is 1. The molecule has 0 saturated carbocycles. The highest BCUT2D eigenvalue weighted by atomic mass is 16.3. The molecule has 1 unspecified atom stereocenters. The van der Waals surface area contributed by atoms with Crippen LogP contribution in [0, 0.1) is 5.92 Å². The third kappa shape index (κ3) is 4.14. The Morgan fingerprint density at radius 1 is 1.07 bits per heavy atom. The van der Waals surface area contributed by atoms with Gasteiger partial charge in [-0.2, -0.15) is 0 Å². The van der Waals surface area contributed by atoms with Gasteiger partial charge in [-0.25, -0.2) is 0 Å². The van der Waals surface area contributed by atoms with Gasteiger partial charge < -0.3 is 15.5 Å². The van der Waals surface area contributed by atoms with Gasteiger partial charge in [0.1, 0.15) is 11.5 Å². The van der Waals surface area contributed by atoms with Gasteiger partial charge in [-0.1, -0.05) is 53.7 Å². The number of allylic oxidation sites excluding steroid dienone is 3. The smallest absolute Gasteiger partial charge is 0.260 e. The molecule has 1 aliphatic heterocycles. The van der Waals surface area contributed by atoms with Gasteiger partial charge in [0.2, 0.25) is 0 Å². The Hall–Kier alpha value is -2.82. The first-order chi connectivity index (χ1) is 13.4. The molecule has 0 aromatic heterocycles. The number of aromatic hydroxyl groups is 1. The Morgan fingerprint density at radius 2 is 1.72 bits per heavy atom. The summed E-state index contributed by atoms with van der Waals surface area (Å²) in [7, 11) is 0. The number of anilines is 1. The van der Waals surface area contributed by atoms with Crippen LogP contribution in [0.2, 0.25) is 0 Å². The molecule has 0 fully saturated rings. The number of rotatable bonds is 2. The molecule has 0 saturated heterocycles. The summed E-state index contributed by atoms with van der Waals surface area (Å²) in [6, 6.07) is 3.56. The fourth-order valence-corrected chi connectivity index (χ4v) is 3.67. The second-order valence-electron chi connectivity index (χ2n) is 9.73.